The first-order chi connectivity index (χ1) is 6.63. The largest absolute Gasteiger partial charge is 0.397 e. The van der Waals surface area contributed by atoms with Crippen molar-refractivity contribution in [2.75, 3.05) is 17.6 Å². The summed E-state index contributed by atoms with van der Waals surface area (Å²) in [7, 11) is 0. The molecule has 0 bridgehead atoms. The van der Waals surface area contributed by atoms with Gasteiger partial charge in [0.1, 0.15) is 5.82 Å². The van der Waals surface area contributed by atoms with Crippen molar-refractivity contribution in [3.63, 3.8) is 0 Å². The minimum Gasteiger partial charge on any atom is -0.397 e. The molecule has 0 amide bonds. The van der Waals surface area contributed by atoms with Crippen LogP contribution in [0.15, 0.2) is 24.4 Å². The summed E-state index contributed by atoms with van der Waals surface area (Å²) in [5.74, 6) is 0.853. The van der Waals surface area contributed by atoms with Gasteiger partial charge in [0.2, 0.25) is 0 Å². The standard InChI is InChI=1S/C11H17N3/c1-4-8(2)6-13-11-5-9(3)10(12)7-14-11/h5,7H,2,4,6,12H2,1,3H3,(H,13,14). The van der Waals surface area contributed by atoms with E-state index in [1.807, 2.05) is 13.0 Å². The average molecular weight is 191 g/mol. The van der Waals surface area contributed by atoms with E-state index in [-0.39, 0.29) is 0 Å². The van der Waals surface area contributed by atoms with Crippen molar-refractivity contribution in [2.45, 2.75) is 20.3 Å². The maximum atomic E-state index is 5.66. The highest BCUT2D eigenvalue weighted by molar-refractivity contribution is 5.51. The molecule has 76 valence electrons. The molecule has 0 aliphatic rings. The summed E-state index contributed by atoms with van der Waals surface area (Å²) in [6.45, 7) is 8.74. The smallest absolute Gasteiger partial charge is 0.126 e. The summed E-state index contributed by atoms with van der Waals surface area (Å²) in [5, 5.41) is 3.20. The molecular formula is C11H17N3. The quantitative estimate of drug-likeness (QED) is 0.718. The first kappa shape index (κ1) is 10.6. The van der Waals surface area contributed by atoms with Crippen molar-refractivity contribution in [1.29, 1.82) is 0 Å². The monoisotopic (exact) mass is 191 g/mol. The molecule has 3 N–H and O–H groups in total. The summed E-state index contributed by atoms with van der Waals surface area (Å²) in [4.78, 5) is 4.17. The zero-order chi connectivity index (χ0) is 10.6. The van der Waals surface area contributed by atoms with Crippen LogP contribution in [0.2, 0.25) is 0 Å². The Kier molecular flexibility index (Phi) is 3.51. The van der Waals surface area contributed by atoms with Gasteiger partial charge in [-0.1, -0.05) is 19.1 Å². The fraction of sp³-hybridized carbons (Fsp3) is 0.364. The zero-order valence-corrected chi connectivity index (χ0v) is 8.80. The molecule has 0 atom stereocenters. The molecule has 0 fully saturated rings. The number of rotatable bonds is 4. The average Bonchev–Trinajstić information content (AvgIpc) is 2.19. The SMILES string of the molecule is C=C(CC)CNc1cc(C)c(N)cn1. The highest BCUT2D eigenvalue weighted by atomic mass is 15.0. The maximum absolute atomic E-state index is 5.66. The van der Waals surface area contributed by atoms with Crippen molar-refractivity contribution >= 4 is 11.5 Å². The summed E-state index contributed by atoms with van der Waals surface area (Å²) in [6, 6.07) is 1.94. The second-order valence-corrected chi connectivity index (χ2v) is 3.38. The van der Waals surface area contributed by atoms with Crippen LogP contribution < -0.4 is 11.1 Å². The molecule has 3 heteroatoms. The predicted molar refractivity (Wildman–Crippen MR) is 61.3 cm³/mol. The third-order valence-electron chi connectivity index (χ3n) is 2.17. The number of aryl methyl sites for hydroxylation is 1. The van der Waals surface area contributed by atoms with Gasteiger partial charge in [-0.25, -0.2) is 4.98 Å². The van der Waals surface area contributed by atoms with Crippen LogP contribution in [0.4, 0.5) is 11.5 Å². The molecule has 0 aliphatic heterocycles. The minimum atomic E-state index is 0.727. The van der Waals surface area contributed by atoms with Crippen LogP contribution in [0.1, 0.15) is 18.9 Å². The Balaban J connectivity index is 2.60. The van der Waals surface area contributed by atoms with Gasteiger partial charge in [-0.2, -0.15) is 0 Å². The van der Waals surface area contributed by atoms with E-state index in [2.05, 4.69) is 23.8 Å². The molecule has 1 heterocycles. The van der Waals surface area contributed by atoms with Crippen LogP contribution in [0.3, 0.4) is 0 Å². The number of nitrogens with two attached hydrogens (primary N) is 1. The first-order valence-corrected chi connectivity index (χ1v) is 4.76. The second-order valence-electron chi connectivity index (χ2n) is 3.38. The molecular weight excluding hydrogens is 174 g/mol. The van der Waals surface area contributed by atoms with Crippen LogP contribution in [-0.2, 0) is 0 Å². The van der Waals surface area contributed by atoms with Crippen molar-refractivity contribution < 1.29 is 0 Å². The maximum Gasteiger partial charge on any atom is 0.126 e. The van der Waals surface area contributed by atoms with E-state index in [1.54, 1.807) is 6.20 Å². The van der Waals surface area contributed by atoms with Crippen molar-refractivity contribution in [3.05, 3.63) is 30.0 Å². The highest BCUT2D eigenvalue weighted by Gasteiger charge is 1.97. The van der Waals surface area contributed by atoms with Gasteiger partial charge in [0.25, 0.3) is 0 Å². The minimum absolute atomic E-state index is 0.727. The Bertz CT molecular complexity index is 331. The van der Waals surface area contributed by atoms with Crippen LogP contribution >= 0.6 is 0 Å². The number of anilines is 2. The van der Waals surface area contributed by atoms with Crippen molar-refractivity contribution in [2.24, 2.45) is 0 Å². The van der Waals surface area contributed by atoms with E-state index in [4.69, 9.17) is 5.73 Å². The van der Waals surface area contributed by atoms with E-state index < -0.39 is 0 Å². The zero-order valence-electron chi connectivity index (χ0n) is 8.80. The van der Waals surface area contributed by atoms with Crippen LogP contribution in [0.5, 0.6) is 0 Å². The molecule has 0 saturated heterocycles. The van der Waals surface area contributed by atoms with Gasteiger partial charge in [-0.15, -0.1) is 0 Å². The molecule has 0 spiro atoms. The summed E-state index contributed by atoms with van der Waals surface area (Å²) < 4.78 is 0. The Morgan fingerprint density at radius 2 is 2.36 bits per heavy atom. The van der Waals surface area contributed by atoms with Gasteiger partial charge in [-0.3, -0.25) is 0 Å². The van der Waals surface area contributed by atoms with Gasteiger partial charge >= 0.3 is 0 Å². The number of aromatic nitrogens is 1. The summed E-state index contributed by atoms with van der Waals surface area (Å²) in [5.41, 5.74) is 8.60. The van der Waals surface area contributed by atoms with E-state index in [0.717, 1.165) is 30.0 Å². The lowest BCUT2D eigenvalue weighted by Gasteiger charge is -2.08. The number of hydrogen-bond acceptors (Lipinski definition) is 3. The van der Waals surface area contributed by atoms with E-state index in [0.29, 0.717) is 0 Å². The molecule has 1 aromatic rings. The molecule has 0 radical (unpaired) electrons. The molecule has 0 unspecified atom stereocenters. The normalized spacial score (nSPS) is 9.86. The van der Waals surface area contributed by atoms with Gasteiger partial charge in [0, 0.05) is 6.54 Å². The van der Waals surface area contributed by atoms with Gasteiger partial charge in [-0.05, 0) is 25.0 Å². The fourth-order valence-electron chi connectivity index (χ4n) is 1.00. The van der Waals surface area contributed by atoms with Gasteiger partial charge in [0.15, 0.2) is 0 Å². The number of nitrogens with zero attached hydrogens (tertiary/aromatic N) is 1. The van der Waals surface area contributed by atoms with Crippen molar-refractivity contribution in [1.82, 2.24) is 4.98 Å². The number of pyridine rings is 1. The lowest BCUT2D eigenvalue weighted by Crippen LogP contribution is -2.05. The number of nitrogen functional groups attached to an aromatic ring is 1. The fourth-order valence-corrected chi connectivity index (χ4v) is 1.00. The predicted octanol–water partition coefficient (Wildman–Crippen LogP) is 2.35. The van der Waals surface area contributed by atoms with Gasteiger partial charge in [0.05, 0.1) is 11.9 Å². The lowest BCUT2D eigenvalue weighted by molar-refractivity contribution is 1.04. The van der Waals surface area contributed by atoms with Crippen LogP contribution in [0.25, 0.3) is 0 Å². The molecule has 1 aromatic heterocycles. The Morgan fingerprint density at radius 1 is 1.64 bits per heavy atom. The molecule has 14 heavy (non-hydrogen) atoms. The molecule has 0 aliphatic carbocycles. The topological polar surface area (TPSA) is 50.9 Å². The third-order valence-corrected chi connectivity index (χ3v) is 2.17. The Labute approximate surface area is 85.0 Å². The molecule has 0 saturated carbocycles. The third kappa shape index (κ3) is 2.76. The number of hydrogen-bond donors (Lipinski definition) is 2. The Morgan fingerprint density at radius 3 is 2.93 bits per heavy atom. The summed E-state index contributed by atoms with van der Waals surface area (Å²) in [6.07, 6.45) is 2.66. The van der Waals surface area contributed by atoms with Crippen LogP contribution in [-0.4, -0.2) is 11.5 Å². The number of nitrogens with one attached hydrogen (secondary N) is 1. The Hall–Kier alpha value is -1.51. The molecule has 1 rings (SSSR count). The van der Waals surface area contributed by atoms with Crippen LogP contribution in [0, 0.1) is 6.92 Å². The van der Waals surface area contributed by atoms with E-state index in [1.165, 1.54) is 5.57 Å². The van der Waals surface area contributed by atoms with E-state index in [9.17, 15) is 0 Å². The molecule has 3 nitrogen and oxygen atoms in total. The second kappa shape index (κ2) is 4.65. The lowest BCUT2D eigenvalue weighted by atomic mass is 10.2. The molecule has 0 aromatic carbocycles. The summed E-state index contributed by atoms with van der Waals surface area (Å²) >= 11 is 0. The highest BCUT2D eigenvalue weighted by Crippen LogP contribution is 2.13. The van der Waals surface area contributed by atoms with Crippen molar-refractivity contribution in [3.8, 4) is 0 Å². The van der Waals surface area contributed by atoms with Gasteiger partial charge < -0.3 is 11.1 Å². The first-order valence-electron chi connectivity index (χ1n) is 4.76. The van der Waals surface area contributed by atoms with E-state index >= 15 is 0 Å².